The summed E-state index contributed by atoms with van der Waals surface area (Å²) in [6.07, 6.45) is 0. The van der Waals surface area contributed by atoms with Crippen LogP contribution in [0.2, 0.25) is 0 Å². The minimum absolute atomic E-state index is 0.246. The maximum absolute atomic E-state index is 11.8. The molecule has 1 heterocycles. The molecule has 2 rings (SSSR count). The smallest absolute Gasteiger partial charge is 0.262 e. The average molecular weight is 238 g/mol. The molecular formula is C9H9N3O3P+. The van der Waals surface area contributed by atoms with Gasteiger partial charge in [0, 0.05) is 9.02 Å². The normalized spacial score (nSPS) is 11.7. The van der Waals surface area contributed by atoms with Gasteiger partial charge in [-0.05, 0) is 24.3 Å². The van der Waals surface area contributed by atoms with Gasteiger partial charge < -0.3 is 0 Å². The Morgan fingerprint density at radius 2 is 2.19 bits per heavy atom. The van der Waals surface area contributed by atoms with Gasteiger partial charge in [-0.25, -0.2) is 0 Å². The SMILES string of the molecule is CCO[P+](=O)n1nnc2ccccc2c1=O. The van der Waals surface area contributed by atoms with Crippen molar-refractivity contribution in [1.82, 2.24) is 14.8 Å². The minimum atomic E-state index is -2.29. The van der Waals surface area contributed by atoms with Gasteiger partial charge in [0.05, 0.1) is 5.39 Å². The van der Waals surface area contributed by atoms with E-state index in [1.807, 2.05) is 0 Å². The monoisotopic (exact) mass is 238 g/mol. The van der Waals surface area contributed by atoms with Gasteiger partial charge in [-0.2, -0.15) is 0 Å². The van der Waals surface area contributed by atoms with Crippen LogP contribution in [-0.4, -0.2) is 21.4 Å². The van der Waals surface area contributed by atoms with Crippen LogP contribution in [0.15, 0.2) is 29.1 Å². The maximum atomic E-state index is 11.8. The Kier molecular flexibility index (Phi) is 3.03. The number of rotatable bonds is 3. The van der Waals surface area contributed by atoms with E-state index in [1.54, 1.807) is 31.2 Å². The molecule has 0 saturated carbocycles. The van der Waals surface area contributed by atoms with E-state index in [2.05, 4.69) is 10.3 Å². The van der Waals surface area contributed by atoms with E-state index in [1.165, 1.54) is 0 Å². The van der Waals surface area contributed by atoms with Crippen molar-refractivity contribution in [2.75, 3.05) is 6.61 Å². The molecule has 82 valence electrons. The molecule has 0 aliphatic carbocycles. The van der Waals surface area contributed by atoms with Crippen LogP contribution in [0.25, 0.3) is 10.9 Å². The summed E-state index contributed by atoms with van der Waals surface area (Å²) in [5, 5.41) is 7.74. The fraction of sp³-hybridized carbons (Fsp3) is 0.222. The van der Waals surface area contributed by atoms with Crippen LogP contribution in [0.3, 0.4) is 0 Å². The van der Waals surface area contributed by atoms with Gasteiger partial charge in [0.1, 0.15) is 12.1 Å². The fourth-order valence-corrected chi connectivity index (χ4v) is 1.94. The molecule has 0 fully saturated rings. The highest BCUT2D eigenvalue weighted by Gasteiger charge is 2.25. The molecule has 0 saturated heterocycles. The Hall–Kier alpha value is -1.65. The second kappa shape index (κ2) is 4.47. The van der Waals surface area contributed by atoms with E-state index in [4.69, 9.17) is 4.52 Å². The van der Waals surface area contributed by atoms with Crippen LogP contribution >= 0.6 is 8.18 Å². The molecule has 7 heteroatoms. The maximum Gasteiger partial charge on any atom is 0.672 e. The van der Waals surface area contributed by atoms with Crippen LogP contribution in [0.4, 0.5) is 0 Å². The third-order valence-corrected chi connectivity index (χ3v) is 3.00. The molecule has 0 aliphatic heterocycles. The first-order chi connectivity index (χ1) is 7.74. The summed E-state index contributed by atoms with van der Waals surface area (Å²) in [7, 11) is -2.29. The quantitative estimate of drug-likeness (QED) is 0.754. The van der Waals surface area contributed by atoms with Gasteiger partial charge in [-0.15, -0.1) is 9.62 Å². The Balaban J connectivity index is 2.61. The predicted molar refractivity (Wildman–Crippen MR) is 58.4 cm³/mol. The van der Waals surface area contributed by atoms with E-state index < -0.39 is 13.7 Å². The number of hydrogen-bond acceptors (Lipinski definition) is 5. The van der Waals surface area contributed by atoms with Crippen molar-refractivity contribution in [3.05, 3.63) is 34.6 Å². The Bertz CT molecular complexity index is 596. The van der Waals surface area contributed by atoms with Crippen molar-refractivity contribution >= 4 is 19.1 Å². The second-order valence-electron chi connectivity index (χ2n) is 2.96. The molecule has 2 aromatic rings. The Labute approximate surface area is 91.8 Å². The topological polar surface area (TPSA) is 74.1 Å². The van der Waals surface area contributed by atoms with Crippen LogP contribution in [0.1, 0.15) is 6.92 Å². The first-order valence-corrected chi connectivity index (χ1v) is 5.82. The van der Waals surface area contributed by atoms with Gasteiger partial charge in [-0.3, -0.25) is 4.79 Å². The zero-order valence-electron chi connectivity index (χ0n) is 8.53. The summed E-state index contributed by atoms with van der Waals surface area (Å²) in [6.45, 7) is 1.93. The van der Waals surface area contributed by atoms with E-state index in [0.29, 0.717) is 10.9 Å². The highest BCUT2D eigenvalue weighted by molar-refractivity contribution is 7.37. The lowest BCUT2D eigenvalue weighted by Gasteiger charge is -1.93. The summed E-state index contributed by atoms with van der Waals surface area (Å²) in [6, 6.07) is 6.74. The highest BCUT2D eigenvalue weighted by Crippen LogP contribution is 2.20. The molecule has 0 radical (unpaired) electrons. The highest BCUT2D eigenvalue weighted by atomic mass is 31.1. The van der Waals surface area contributed by atoms with Crippen LogP contribution in [0.5, 0.6) is 0 Å². The molecule has 0 aliphatic rings. The van der Waals surface area contributed by atoms with Gasteiger partial charge in [0.25, 0.3) is 0 Å². The molecule has 0 spiro atoms. The van der Waals surface area contributed by atoms with Crippen molar-refractivity contribution in [2.24, 2.45) is 0 Å². The number of aromatic nitrogens is 3. The van der Waals surface area contributed by atoms with Crippen molar-refractivity contribution in [2.45, 2.75) is 6.92 Å². The van der Waals surface area contributed by atoms with Crippen molar-refractivity contribution in [3.8, 4) is 0 Å². The van der Waals surface area contributed by atoms with Gasteiger partial charge in [0.15, 0.2) is 0 Å². The zero-order valence-corrected chi connectivity index (χ0v) is 9.42. The summed E-state index contributed by atoms with van der Waals surface area (Å²) in [5.41, 5.74) is 0.0174. The average Bonchev–Trinajstić information content (AvgIpc) is 2.30. The number of hydrogen-bond donors (Lipinski definition) is 0. The largest absolute Gasteiger partial charge is 0.672 e. The summed E-state index contributed by atoms with van der Waals surface area (Å²) in [4.78, 5) is 11.8. The minimum Gasteiger partial charge on any atom is -0.262 e. The molecule has 6 nitrogen and oxygen atoms in total. The first-order valence-electron chi connectivity index (χ1n) is 4.69. The molecule has 0 N–H and O–H groups in total. The summed E-state index contributed by atoms with van der Waals surface area (Å²) in [5.74, 6) is 0. The Morgan fingerprint density at radius 1 is 1.44 bits per heavy atom. The van der Waals surface area contributed by atoms with Crippen LogP contribution < -0.4 is 5.56 Å². The molecular weight excluding hydrogens is 229 g/mol. The summed E-state index contributed by atoms with van der Waals surface area (Å²) >= 11 is 0. The standard InChI is InChI=1S/C9H9N3O3P/c1-2-15-16(14)12-9(13)7-5-3-4-6-8(7)10-11-12/h3-6H,2H2,1H3/q+1. The van der Waals surface area contributed by atoms with Crippen molar-refractivity contribution in [1.29, 1.82) is 0 Å². The fourth-order valence-electron chi connectivity index (χ4n) is 1.25. The molecule has 0 amide bonds. The number of nitrogens with zero attached hydrogens (tertiary/aromatic N) is 3. The summed E-state index contributed by atoms with van der Waals surface area (Å²) < 4.78 is 17.1. The number of benzene rings is 1. The lowest BCUT2D eigenvalue weighted by molar-refractivity contribution is 0.339. The third kappa shape index (κ3) is 1.85. The lowest BCUT2D eigenvalue weighted by atomic mass is 10.2. The molecule has 16 heavy (non-hydrogen) atoms. The molecule has 1 unspecified atom stereocenters. The van der Waals surface area contributed by atoms with Gasteiger partial charge in [0.2, 0.25) is 0 Å². The molecule has 0 bridgehead atoms. The first kappa shape index (κ1) is 10.9. The second-order valence-corrected chi connectivity index (χ2v) is 4.07. The van der Waals surface area contributed by atoms with Gasteiger partial charge >= 0.3 is 13.7 Å². The zero-order chi connectivity index (χ0) is 11.5. The lowest BCUT2D eigenvalue weighted by Crippen LogP contribution is -2.19. The third-order valence-electron chi connectivity index (χ3n) is 1.95. The van der Waals surface area contributed by atoms with Crippen LogP contribution in [0, 0.1) is 0 Å². The molecule has 1 aromatic heterocycles. The molecule has 1 aromatic carbocycles. The van der Waals surface area contributed by atoms with Crippen molar-refractivity contribution < 1.29 is 9.09 Å². The van der Waals surface area contributed by atoms with Gasteiger partial charge in [-0.1, -0.05) is 12.1 Å². The van der Waals surface area contributed by atoms with E-state index >= 15 is 0 Å². The predicted octanol–water partition coefficient (Wildman–Crippen LogP) is 1.33. The van der Waals surface area contributed by atoms with Crippen molar-refractivity contribution in [3.63, 3.8) is 0 Å². The Morgan fingerprint density at radius 3 is 2.94 bits per heavy atom. The molecule has 1 atom stereocenters. The van der Waals surface area contributed by atoms with Crippen LogP contribution in [-0.2, 0) is 9.09 Å². The van der Waals surface area contributed by atoms with E-state index in [0.717, 1.165) is 4.45 Å². The number of fused-ring (bicyclic) bond motifs is 1. The van der Waals surface area contributed by atoms with E-state index in [-0.39, 0.29) is 6.61 Å². The van der Waals surface area contributed by atoms with E-state index in [9.17, 15) is 9.36 Å².